The lowest BCUT2D eigenvalue weighted by Gasteiger charge is -2.38. The number of fused-ring (bicyclic) bond motifs is 2. The predicted molar refractivity (Wildman–Crippen MR) is 69.2 cm³/mol. The van der Waals surface area contributed by atoms with E-state index in [4.69, 9.17) is 5.11 Å². The maximum absolute atomic E-state index is 8.89. The smallest absolute Gasteiger partial charge is 0.0950 e. The lowest BCUT2D eigenvalue weighted by molar-refractivity contribution is 0.0830. The zero-order valence-corrected chi connectivity index (χ0v) is 11.0. The molecule has 0 amide bonds. The van der Waals surface area contributed by atoms with E-state index in [1.54, 1.807) is 0 Å². The Hall–Kier alpha value is -0.910. The fourth-order valence-corrected chi connectivity index (χ4v) is 3.28. The molecule has 2 unspecified atom stereocenters. The van der Waals surface area contributed by atoms with Crippen LogP contribution >= 0.6 is 0 Å². The Morgan fingerprint density at radius 2 is 2.06 bits per heavy atom. The summed E-state index contributed by atoms with van der Waals surface area (Å²) >= 11 is 0. The minimum Gasteiger partial charge on any atom is -0.395 e. The van der Waals surface area contributed by atoms with E-state index in [1.165, 1.54) is 25.9 Å². The first-order chi connectivity index (χ1) is 8.76. The number of aromatic nitrogens is 2. The molecule has 0 spiro atoms. The normalized spacial score (nSPS) is 29.0. The maximum Gasteiger partial charge on any atom is 0.0950 e. The van der Waals surface area contributed by atoms with Crippen molar-refractivity contribution in [3.63, 3.8) is 0 Å². The van der Waals surface area contributed by atoms with Crippen molar-refractivity contribution in [2.24, 2.45) is 0 Å². The van der Waals surface area contributed by atoms with Gasteiger partial charge in [-0.15, -0.1) is 0 Å². The van der Waals surface area contributed by atoms with Gasteiger partial charge < -0.3 is 9.67 Å². The van der Waals surface area contributed by atoms with Crippen molar-refractivity contribution in [2.45, 2.75) is 38.0 Å². The van der Waals surface area contributed by atoms with Gasteiger partial charge in [-0.2, -0.15) is 0 Å². The van der Waals surface area contributed by atoms with Crippen LogP contribution in [0.15, 0.2) is 12.5 Å². The molecule has 5 heteroatoms. The molecule has 0 radical (unpaired) electrons. The Balaban J connectivity index is 1.60. The number of imidazole rings is 1. The van der Waals surface area contributed by atoms with Gasteiger partial charge in [0.05, 0.1) is 18.6 Å². The van der Waals surface area contributed by atoms with Gasteiger partial charge in [0.2, 0.25) is 0 Å². The highest BCUT2D eigenvalue weighted by Gasteiger charge is 2.37. The SMILES string of the molecule is CN1C2CCC1CN(Cc1cn(CCO)cn1)C2. The van der Waals surface area contributed by atoms with Crippen molar-refractivity contribution in [2.75, 3.05) is 26.7 Å². The van der Waals surface area contributed by atoms with E-state index in [-0.39, 0.29) is 6.61 Å². The lowest BCUT2D eigenvalue weighted by Crippen LogP contribution is -2.51. The Bertz CT molecular complexity index is 391. The first-order valence-corrected chi connectivity index (χ1v) is 6.82. The number of hydrogen-bond donors (Lipinski definition) is 1. The fourth-order valence-electron chi connectivity index (χ4n) is 3.28. The third kappa shape index (κ3) is 2.30. The zero-order chi connectivity index (χ0) is 12.5. The van der Waals surface area contributed by atoms with Gasteiger partial charge in [-0.1, -0.05) is 0 Å². The molecule has 100 valence electrons. The molecule has 2 atom stereocenters. The van der Waals surface area contributed by atoms with Crippen LogP contribution in [0, 0.1) is 0 Å². The first-order valence-electron chi connectivity index (χ1n) is 6.82. The molecule has 3 heterocycles. The first kappa shape index (κ1) is 12.1. The molecule has 3 rings (SSSR count). The molecule has 2 fully saturated rings. The van der Waals surface area contributed by atoms with E-state index in [2.05, 4.69) is 28.0 Å². The van der Waals surface area contributed by atoms with Crippen molar-refractivity contribution in [1.29, 1.82) is 0 Å². The van der Waals surface area contributed by atoms with Crippen molar-refractivity contribution in [3.8, 4) is 0 Å². The van der Waals surface area contributed by atoms with E-state index < -0.39 is 0 Å². The maximum atomic E-state index is 8.89. The van der Waals surface area contributed by atoms with Gasteiger partial charge in [0.15, 0.2) is 0 Å². The van der Waals surface area contributed by atoms with Crippen molar-refractivity contribution >= 4 is 0 Å². The molecule has 18 heavy (non-hydrogen) atoms. The average molecular weight is 250 g/mol. The summed E-state index contributed by atoms with van der Waals surface area (Å²) in [4.78, 5) is 9.48. The van der Waals surface area contributed by atoms with Crippen LogP contribution in [0.2, 0.25) is 0 Å². The van der Waals surface area contributed by atoms with Crippen LogP contribution in [-0.4, -0.2) is 63.3 Å². The summed E-state index contributed by atoms with van der Waals surface area (Å²) in [6.07, 6.45) is 6.56. The van der Waals surface area contributed by atoms with E-state index in [0.717, 1.165) is 24.3 Å². The molecule has 2 aliphatic rings. The molecular formula is C13H22N4O. The summed E-state index contributed by atoms with van der Waals surface area (Å²) in [5, 5.41) is 8.89. The lowest BCUT2D eigenvalue weighted by atomic mass is 10.2. The van der Waals surface area contributed by atoms with E-state index in [9.17, 15) is 0 Å². The van der Waals surface area contributed by atoms with Crippen LogP contribution in [0.25, 0.3) is 0 Å². The van der Waals surface area contributed by atoms with E-state index >= 15 is 0 Å². The summed E-state index contributed by atoms with van der Waals surface area (Å²) in [5.41, 5.74) is 1.12. The standard InChI is InChI=1S/C13H22N4O/c1-15-12-2-3-13(15)9-17(8-12)7-11-6-16(4-5-18)10-14-11/h6,10,12-13,18H,2-5,7-9H2,1H3. The van der Waals surface area contributed by atoms with Crippen molar-refractivity contribution < 1.29 is 5.11 Å². The highest BCUT2D eigenvalue weighted by molar-refractivity contribution is 5.00. The highest BCUT2D eigenvalue weighted by Crippen LogP contribution is 2.28. The number of rotatable bonds is 4. The average Bonchev–Trinajstić information content (AvgIpc) is 2.84. The Morgan fingerprint density at radius 1 is 1.33 bits per heavy atom. The molecule has 2 aliphatic heterocycles. The molecule has 1 N–H and O–H groups in total. The van der Waals surface area contributed by atoms with Gasteiger partial charge in [-0.05, 0) is 19.9 Å². The van der Waals surface area contributed by atoms with Crippen molar-refractivity contribution in [3.05, 3.63) is 18.2 Å². The summed E-state index contributed by atoms with van der Waals surface area (Å²) in [6, 6.07) is 1.48. The molecule has 0 aliphatic carbocycles. The molecule has 2 bridgehead atoms. The molecule has 5 nitrogen and oxygen atoms in total. The number of nitrogens with zero attached hydrogens (tertiary/aromatic N) is 4. The number of likely N-dealkylation sites (N-methyl/N-ethyl adjacent to an activating group) is 1. The van der Waals surface area contributed by atoms with Gasteiger partial charge >= 0.3 is 0 Å². The van der Waals surface area contributed by atoms with Crippen LogP contribution < -0.4 is 0 Å². The number of likely N-dealkylation sites (tertiary alicyclic amines) is 1. The number of aliphatic hydroxyl groups excluding tert-OH is 1. The monoisotopic (exact) mass is 250 g/mol. The summed E-state index contributed by atoms with van der Waals surface area (Å²) in [7, 11) is 2.26. The third-order valence-electron chi connectivity index (χ3n) is 4.35. The van der Waals surface area contributed by atoms with Crippen molar-refractivity contribution in [1.82, 2.24) is 19.4 Å². The van der Waals surface area contributed by atoms with Crippen LogP contribution in [0.3, 0.4) is 0 Å². The third-order valence-corrected chi connectivity index (χ3v) is 4.35. The van der Waals surface area contributed by atoms with Gasteiger partial charge in [0, 0.05) is 44.5 Å². The molecular weight excluding hydrogens is 228 g/mol. The van der Waals surface area contributed by atoms with Crippen LogP contribution in [0.5, 0.6) is 0 Å². The fraction of sp³-hybridized carbons (Fsp3) is 0.769. The van der Waals surface area contributed by atoms with Gasteiger partial charge in [0.1, 0.15) is 0 Å². The molecule has 1 aromatic heterocycles. The Labute approximate surface area is 108 Å². The van der Waals surface area contributed by atoms with Gasteiger partial charge in [0.25, 0.3) is 0 Å². The quantitative estimate of drug-likeness (QED) is 0.826. The van der Waals surface area contributed by atoms with Gasteiger partial charge in [-0.25, -0.2) is 4.98 Å². The largest absolute Gasteiger partial charge is 0.395 e. The molecule has 0 aromatic carbocycles. The molecule has 1 aromatic rings. The molecule has 2 saturated heterocycles. The predicted octanol–water partition coefficient (Wildman–Crippen LogP) is 0.154. The second-order valence-electron chi connectivity index (χ2n) is 5.57. The zero-order valence-electron chi connectivity index (χ0n) is 11.0. The van der Waals surface area contributed by atoms with Crippen LogP contribution in [-0.2, 0) is 13.1 Å². The summed E-state index contributed by atoms with van der Waals surface area (Å²) in [6.45, 7) is 4.09. The summed E-state index contributed by atoms with van der Waals surface area (Å²) in [5.74, 6) is 0. The Kier molecular flexibility index (Phi) is 3.37. The number of hydrogen-bond acceptors (Lipinski definition) is 4. The van der Waals surface area contributed by atoms with Crippen LogP contribution in [0.1, 0.15) is 18.5 Å². The van der Waals surface area contributed by atoms with E-state index in [1.807, 2.05) is 10.9 Å². The number of aliphatic hydroxyl groups is 1. The topological polar surface area (TPSA) is 44.5 Å². The van der Waals surface area contributed by atoms with E-state index in [0.29, 0.717) is 6.54 Å². The Morgan fingerprint density at radius 3 is 2.72 bits per heavy atom. The second kappa shape index (κ2) is 4.99. The van der Waals surface area contributed by atoms with Crippen LogP contribution in [0.4, 0.5) is 0 Å². The number of piperazine rings is 1. The minimum atomic E-state index is 0.175. The minimum absolute atomic E-state index is 0.175. The van der Waals surface area contributed by atoms with Gasteiger partial charge in [-0.3, -0.25) is 9.80 Å². The summed E-state index contributed by atoms with van der Waals surface area (Å²) < 4.78 is 1.96. The molecule has 0 saturated carbocycles. The highest BCUT2D eigenvalue weighted by atomic mass is 16.3. The second-order valence-corrected chi connectivity index (χ2v) is 5.57.